The molecule has 0 saturated carbocycles. The number of thioether (sulfide) groups is 1. The minimum atomic E-state index is -0.706. The second-order valence-electron chi connectivity index (χ2n) is 13.4. The fraction of sp³-hybridized carbons (Fsp3) is 0.394. The summed E-state index contributed by atoms with van der Waals surface area (Å²) in [5, 5.41) is 9.59. The van der Waals surface area contributed by atoms with Gasteiger partial charge in [-0.3, -0.25) is 13.8 Å². The number of ether oxygens (including phenoxy) is 1. The Labute approximate surface area is 268 Å². The molecule has 0 N–H and O–H groups in total. The van der Waals surface area contributed by atoms with Crippen LogP contribution in [0.5, 0.6) is 0 Å². The summed E-state index contributed by atoms with van der Waals surface area (Å²) in [6.07, 6.45) is 4.07. The number of aromatic nitrogens is 6. The summed E-state index contributed by atoms with van der Waals surface area (Å²) in [4.78, 5) is 29.6. The molecule has 1 atom stereocenters. The number of carbonyl (C=O) groups is 1. The van der Waals surface area contributed by atoms with E-state index in [9.17, 15) is 14.0 Å². The quantitative estimate of drug-likeness (QED) is 0.243. The van der Waals surface area contributed by atoms with E-state index in [1.165, 1.54) is 21.5 Å². The zero-order chi connectivity index (χ0) is 32.9. The molecule has 1 spiro atoms. The van der Waals surface area contributed by atoms with Gasteiger partial charge in [-0.2, -0.15) is 22.0 Å². The molecule has 46 heavy (non-hydrogen) atoms. The van der Waals surface area contributed by atoms with Crippen LogP contribution in [0.4, 0.5) is 13.6 Å². The summed E-state index contributed by atoms with van der Waals surface area (Å²) in [6.45, 7) is 11.2. The summed E-state index contributed by atoms with van der Waals surface area (Å²) in [7, 11) is 1.72. The van der Waals surface area contributed by atoms with E-state index in [2.05, 4.69) is 5.10 Å². The van der Waals surface area contributed by atoms with Crippen LogP contribution in [-0.4, -0.2) is 63.3 Å². The van der Waals surface area contributed by atoms with Gasteiger partial charge in [-0.15, -0.1) is 0 Å². The van der Waals surface area contributed by atoms with Crippen molar-refractivity contribution in [2.45, 2.75) is 58.6 Å². The molecule has 0 radical (unpaired) electrons. The Morgan fingerprint density at radius 3 is 2.37 bits per heavy atom. The molecule has 2 aliphatic heterocycles. The lowest BCUT2D eigenvalue weighted by Crippen LogP contribution is -2.57. The first-order chi connectivity index (χ1) is 21.7. The third-order valence-electron chi connectivity index (χ3n) is 8.92. The lowest BCUT2D eigenvalue weighted by Gasteiger charge is -2.49. The molecule has 2 aliphatic rings. The highest BCUT2D eigenvalue weighted by Gasteiger charge is 2.53. The third-order valence-corrected chi connectivity index (χ3v) is 10.4. The molecule has 240 valence electrons. The first-order valence-electron chi connectivity index (χ1n) is 15.1. The Balaban J connectivity index is 1.47. The number of hydrogen-bond donors (Lipinski definition) is 0. The maximum Gasteiger partial charge on any atom is 0.410 e. The molecular weight excluding hydrogens is 612 g/mol. The molecule has 13 heteroatoms. The van der Waals surface area contributed by atoms with E-state index in [0.29, 0.717) is 45.6 Å². The van der Waals surface area contributed by atoms with Crippen molar-refractivity contribution in [3.05, 3.63) is 87.4 Å². The van der Waals surface area contributed by atoms with Crippen LogP contribution in [0.3, 0.4) is 0 Å². The number of imidazole rings is 1. The van der Waals surface area contributed by atoms with Crippen LogP contribution in [0, 0.1) is 25.5 Å². The van der Waals surface area contributed by atoms with Gasteiger partial charge in [0.05, 0.1) is 45.6 Å². The van der Waals surface area contributed by atoms with Gasteiger partial charge in [-0.25, -0.2) is 23.1 Å². The molecule has 2 aromatic carbocycles. The first kappa shape index (κ1) is 30.3. The molecule has 1 saturated heterocycles. The van der Waals surface area contributed by atoms with Crippen molar-refractivity contribution in [3.8, 4) is 17.2 Å². The highest BCUT2D eigenvalue weighted by molar-refractivity contribution is 8.00. The normalized spacial score (nSPS) is 17.4. The SMILES string of the molecule is Cc1cc(-n2nc3c(c2-n2ccn(-c4ccc5c(cnn5C)c4F)c2=O)[C@H](C)N(C(=O)OC(C)(C)C)CC32CSC2)cc(C)c1F. The zero-order valence-electron chi connectivity index (χ0n) is 26.8. The fourth-order valence-corrected chi connectivity index (χ4v) is 7.71. The molecule has 0 bridgehead atoms. The molecular formula is C33H35F2N7O3S. The Hall–Kier alpha value is -4.39. The Bertz CT molecular complexity index is 2090. The average Bonchev–Trinajstić information content (AvgIpc) is 3.65. The highest BCUT2D eigenvalue weighted by Crippen LogP contribution is 2.50. The van der Waals surface area contributed by atoms with Crippen LogP contribution in [0.2, 0.25) is 0 Å². The van der Waals surface area contributed by atoms with Crippen molar-refractivity contribution in [2.24, 2.45) is 7.05 Å². The average molecular weight is 648 g/mol. The summed E-state index contributed by atoms with van der Waals surface area (Å²) >= 11 is 1.76. The minimum absolute atomic E-state index is 0.0768. The van der Waals surface area contributed by atoms with Gasteiger partial charge in [0.1, 0.15) is 17.2 Å². The van der Waals surface area contributed by atoms with E-state index in [1.54, 1.807) is 77.4 Å². The molecule has 10 nitrogen and oxygen atoms in total. The number of halogens is 2. The summed E-state index contributed by atoms with van der Waals surface area (Å²) in [5.41, 5.74) is 1.90. The first-order valence-corrected chi connectivity index (χ1v) is 16.2. The second kappa shape index (κ2) is 10.3. The van der Waals surface area contributed by atoms with Crippen molar-refractivity contribution in [3.63, 3.8) is 0 Å². The van der Waals surface area contributed by atoms with Crippen molar-refractivity contribution >= 4 is 28.8 Å². The van der Waals surface area contributed by atoms with E-state index in [4.69, 9.17) is 9.84 Å². The Morgan fingerprint density at radius 2 is 1.74 bits per heavy atom. The standard InChI is InChI=1S/C33H35F2N7O3S/c1-18-12-21(13-19(2)26(18)34)42-29(40-11-10-39(30(40)43)24-9-8-23-22(27(24)35)14-36-38(23)7)25-20(3)41(31(44)45-32(4,5)6)15-33(16-46-17-33)28(25)37-42/h8-14,20H,15-17H2,1-7H3/t20-/m0/s1. The summed E-state index contributed by atoms with van der Waals surface area (Å²) in [6, 6.07) is 6.14. The molecule has 3 aromatic heterocycles. The third kappa shape index (κ3) is 4.50. The highest BCUT2D eigenvalue weighted by atomic mass is 32.2. The van der Waals surface area contributed by atoms with Crippen LogP contribution in [0.1, 0.15) is 56.1 Å². The van der Waals surface area contributed by atoms with Crippen molar-refractivity contribution in [1.29, 1.82) is 0 Å². The molecule has 5 aromatic rings. The van der Waals surface area contributed by atoms with E-state index in [0.717, 1.165) is 17.2 Å². The molecule has 0 aliphatic carbocycles. The van der Waals surface area contributed by atoms with Crippen LogP contribution < -0.4 is 5.69 Å². The van der Waals surface area contributed by atoms with Gasteiger partial charge in [-0.1, -0.05) is 0 Å². The number of fused-ring (bicyclic) bond motifs is 3. The fourth-order valence-electron chi connectivity index (χ4n) is 6.56. The largest absolute Gasteiger partial charge is 0.444 e. The Morgan fingerprint density at radius 1 is 1.07 bits per heavy atom. The number of rotatable bonds is 3. The number of hydrogen-bond acceptors (Lipinski definition) is 6. The zero-order valence-corrected chi connectivity index (χ0v) is 27.6. The number of aryl methyl sites for hydroxylation is 3. The molecule has 5 heterocycles. The smallest absolute Gasteiger partial charge is 0.410 e. The van der Waals surface area contributed by atoms with Gasteiger partial charge in [0.25, 0.3) is 0 Å². The predicted molar refractivity (Wildman–Crippen MR) is 173 cm³/mol. The second-order valence-corrected chi connectivity index (χ2v) is 14.4. The van der Waals surface area contributed by atoms with Gasteiger partial charge in [0.15, 0.2) is 5.82 Å². The van der Waals surface area contributed by atoms with E-state index in [-0.39, 0.29) is 11.5 Å². The minimum Gasteiger partial charge on any atom is -0.444 e. The van der Waals surface area contributed by atoms with Crippen LogP contribution in [-0.2, 0) is 17.2 Å². The summed E-state index contributed by atoms with van der Waals surface area (Å²) in [5.74, 6) is 0.986. The van der Waals surface area contributed by atoms with Crippen molar-refractivity contribution in [1.82, 2.24) is 33.6 Å². The molecule has 7 rings (SSSR count). The molecule has 0 unspecified atom stereocenters. The van der Waals surface area contributed by atoms with E-state index >= 15 is 4.39 Å². The van der Waals surface area contributed by atoms with Crippen LogP contribution >= 0.6 is 11.8 Å². The van der Waals surface area contributed by atoms with E-state index in [1.807, 2.05) is 27.7 Å². The van der Waals surface area contributed by atoms with Crippen molar-refractivity contribution < 1.29 is 18.3 Å². The molecule has 1 fully saturated rings. The van der Waals surface area contributed by atoms with Gasteiger partial charge in [0.2, 0.25) is 0 Å². The van der Waals surface area contributed by atoms with Gasteiger partial charge in [-0.05, 0) is 76.9 Å². The van der Waals surface area contributed by atoms with Gasteiger partial charge in [0, 0.05) is 43.1 Å². The number of carbonyl (C=O) groups excluding carboxylic acids is 1. The lowest BCUT2D eigenvalue weighted by atomic mass is 9.79. The van der Waals surface area contributed by atoms with Crippen LogP contribution in [0.15, 0.2) is 47.7 Å². The lowest BCUT2D eigenvalue weighted by molar-refractivity contribution is 0.00975. The summed E-state index contributed by atoms with van der Waals surface area (Å²) < 4.78 is 42.4. The maximum atomic E-state index is 15.8. The monoisotopic (exact) mass is 647 g/mol. The maximum absolute atomic E-state index is 15.8. The van der Waals surface area contributed by atoms with Crippen LogP contribution in [0.25, 0.3) is 28.1 Å². The number of nitrogens with zero attached hydrogens (tertiary/aromatic N) is 7. The number of amides is 1. The number of benzene rings is 2. The van der Waals surface area contributed by atoms with Gasteiger partial charge < -0.3 is 9.64 Å². The van der Waals surface area contributed by atoms with E-state index < -0.39 is 34.7 Å². The van der Waals surface area contributed by atoms with Gasteiger partial charge >= 0.3 is 11.8 Å². The van der Waals surface area contributed by atoms with Crippen molar-refractivity contribution in [2.75, 3.05) is 18.1 Å². The Kier molecular flexibility index (Phi) is 6.79. The topological polar surface area (TPSA) is 92.1 Å². The predicted octanol–water partition coefficient (Wildman–Crippen LogP) is 5.89. The molecule has 1 amide bonds.